The van der Waals surface area contributed by atoms with Crippen LogP contribution >= 0.6 is 0 Å². The average molecular weight is 451 g/mol. The fourth-order valence-corrected chi connectivity index (χ4v) is 4.87. The van der Waals surface area contributed by atoms with Gasteiger partial charge in [0.15, 0.2) is 0 Å². The number of carbonyl (C=O) groups excluding carboxylic acids is 4. The molecule has 3 N–H and O–H groups in total. The van der Waals surface area contributed by atoms with Gasteiger partial charge in [0.1, 0.15) is 6.04 Å². The van der Waals surface area contributed by atoms with Crippen LogP contribution in [0.1, 0.15) is 64.4 Å². The highest BCUT2D eigenvalue weighted by atomic mass is 16.5. The summed E-state index contributed by atoms with van der Waals surface area (Å²) in [6.45, 7) is 1.47. The molecule has 2 atom stereocenters. The van der Waals surface area contributed by atoms with Crippen molar-refractivity contribution >= 4 is 29.3 Å². The number of aromatic nitrogens is 2. The molecule has 3 aliphatic rings. The molecule has 1 aromatic carbocycles. The second-order valence-corrected chi connectivity index (χ2v) is 8.70. The summed E-state index contributed by atoms with van der Waals surface area (Å²) in [4.78, 5) is 51.3. The number of fused-ring (bicyclic) bond motifs is 1. The zero-order valence-corrected chi connectivity index (χ0v) is 18.0. The average Bonchev–Trinajstić information content (AvgIpc) is 3.43. The summed E-state index contributed by atoms with van der Waals surface area (Å²) < 4.78 is 5.48. The van der Waals surface area contributed by atoms with Gasteiger partial charge in [0.05, 0.1) is 23.4 Å². The van der Waals surface area contributed by atoms with Gasteiger partial charge in [-0.15, -0.1) is 0 Å². The number of benzene rings is 1. The minimum absolute atomic E-state index is 0.0859. The Hall–Kier alpha value is -3.53. The Balaban J connectivity index is 1.43. The molecule has 172 valence electrons. The van der Waals surface area contributed by atoms with Crippen molar-refractivity contribution in [2.24, 2.45) is 5.92 Å². The number of nitrogens with zero attached hydrogens (tertiary/aromatic N) is 2. The molecule has 2 unspecified atom stereocenters. The molecule has 0 saturated carbocycles. The largest absolute Gasteiger partial charge is 0.381 e. The van der Waals surface area contributed by atoms with Gasteiger partial charge in [0, 0.05) is 37.1 Å². The second-order valence-electron chi connectivity index (χ2n) is 8.70. The third-order valence-electron chi connectivity index (χ3n) is 6.63. The van der Waals surface area contributed by atoms with E-state index in [1.807, 2.05) is 6.20 Å². The van der Waals surface area contributed by atoms with Gasteiger partial charge < -0.3 is 10.1 Å². The van der Waals surface area contributed by atoms with Crippen molar-refractivity contribution in [2.75, 3.05) is 18.5 Å². The number of rotatable bonds is 6. The fraction of sp³-hybridized carbons (Fsp3) is 0.435. The maximum absolute atomic E-state index is 13.4. The van der Waals surface area contributed by atoms with Crippen molar-refractivity contribution in [2.45, 2.75) is 44.2 Å². The molecule has 0 bridgehead atoms. The number of imide groups is 2. The van der Waals surface area contributed by atoms with Crippen molar-refractivity contribution < 1.29 is 23.9 Å². The Bertz CT molecular complexity index is 1090. The van der Waals surface area contributed by atoms with Crippen LogP contribution in [0.15, 0.2) is 30.6 Å². The van der Waals surface area contributed by atoms with Crippen LogP contribution < -0.4 is 10.6 Å². The van der Waals surface area contributed by atoms with E-state index in [0.29, 0.717) is 11.6 Å². The quantitative estimate of drug-likeness (QED) is 0.570. The molecule has 4 heterocycles. The molecular weight excluding hydrogens is 426 g/mol. The first kappa shape index (κ1) is 21.3. The third kappa shape index (κ3) is 4.02. The van der Waals surface area contributed by atoms with E-state index in [4.69, 9.17) is 4.74 Å². The Morgan fingerprint density at radius 2 is 1.94 bits per heavy atom. The first-order valence-electron chi connectivity index (χ1n) is 11.2. The van der Waals surface area contributed by atoms with Crippen molar-refractivity contribution in [1.82, 2.24) is 20.4 Å². The monoisotopic (exact) mass is 451 g/mol. The minimum Gasteiger partial charge on any atom is -0.381 e. The van der Waals surface area contributed by atoms with Crippen LogP contribution in [0.3, 0.4) is 0 Å². The highest BCUT2D eigenvalue weighted by Gasteiger charge is 2.45. The zero-order valence-electron chi connectivity index (χ0n) is 18.0. The first-order valence-corrected chi connectivity index (χ1v) is 11.2. The first-order chi connectivity index (χ1) is 16.0. The van der Waals surface area contributed by atoms with Crippen LogP contribution in [0.2, 0.25) is 0 Å². The van der Waals surface area contributed by atoms with Crippen LogP contribution in [0.25, 0.3) is 0 Å². The predicted octanol–water partition coefficient (Wildman–Crippen LogP) is 1.78. The van der Waals surface area contributed by atoms with E-state index in [2.05, 4.69) is 20.8 Å². The lowest BCUT2D eigenvalue weighted by Gasteiger charge is -2.28. The maximum Gasteiger partial charge on any atom is 0.264 e. The number of hydrogen-bond acceptors (Lipinski definition) is 7. The molecule has 33 heavy (non-hydrogen) atoms. The molecule has 2 fully saturated rings. The molecule has 2 saturated heterocycles. The lowest BCUT2D eigenvalue weighted by Crippen LogP contribution is -2.54. The predicted molar refractivity (Wildman–Crippen MR) is 116 cm³/mol. The van der Waals surface area contributed by atoms with Gasteiger partial charge in [-0.2, -0.15) is 5.10 Å². The molecule has 3 aliphatic heterocycles. The minimum atomic E-state index is -0.991. The summed E-state index contributed by atoms with van der Waals surface area (Å²) in [6, 6.07) is 3.98. The third-order valence-corrected chi connectivity index (χ3v) is 6.63. The van der Waals surface area contributed by atoms with E-state index in [1.54, 1.807) is 24.4 Å². The Labute approximate surface area is 190 Å². The SMILES string of the molecule is O=C1CCC(N2C(=O)c3cccc(NC(CC4CCOCC4)c4cn[nH]c4)c3C2=O)C(=O)N1. The van der Waals surface area contributed by atoms with E-state index in [0.717, 1.165) is 42.9 Å². The standard InChI is InChI=1S/C23H25N5O5/c29-19-5-4-18(21(30)27-19)28-22(31)15-2-1-3-16(20(15)23(28)32)26-17(14-11-24-25-12-14)10-13-6-8-33-9-7-13/h1-3,11-13,17-18,26H,4-10H2,(H,24,25)(H,27,29,30). The lowest BCUT2D eigenvalue weighted by molar-refractivity contribution is -0.136. The van der Waals surface area contributed by atoms with Gasteiger partial charge in [-0.1, -0.05) is 6.07 Å². The zero-order chi connectivity index (χ0) is 22.9. The summed E-state index contributed by atoms with van der Waals surface area (Å²) >= 11 is 0. The van der Waals surface area contributed by atoms with E-state index in [1.165, 1.54) is 0 Å². The van der Waals surface area contributed by atoms with Gasteiger partial charge >= 0.3 is 0 Å². The summed E-state index contributed by atoms with van der Waals surface area (Å²) in [5, 5.41) is 12.6. The second kappa shape index (κ2) is 8.78. The van der Waals surface area contributed by atoms with Gasteiger partial charge in [-0.05, 0) is 43.7 Å². The highest BCUT2D eigenvalue weighted by Crippen LogP contribution is 2.36. The maximum atomic E-state index is 13.4. The molecule has 0 radical (unpaired) electrons. The number of ether oxygens (including phenoxy) is 1. The number of aromatic amines is 1. The molecule has 1 aromatic heterocycles. The van der Waals surface area contributed by atoms with Crippen LogP contribution in [0.5, 0.6) is 0 Å². The van der Waals surface area contributed by atoms with Crippen LogP contribution in [0, 0.1) is 5.92 Å². The molecular formula is C23H25N5O5. The van der Waals surface area contributed by atoms with Gasteiger partial charge in [0.25, 0.3) is 11.8 Å². The van der Waals surface area contributed by atoms with Crippen molar-refractivity contribution in [3.63, 3.8) is 0 Å². The summed E-state index contributed by atoms with van der Waals surface area (Å²) in [5.74, 6) is -1.60. The van der Waals surface area contributed by atoms with Gasteiger partial charge in [-0.3, -0.25) is 34.5 Å². The Morgan fingerprint density at radius 1 is 1.12 bits per heavy atom. The topological polar surface area (TPSA) is 133 Å². The van der Waals surface area contributed by atoms with Crippen LogP contribution in [-0.4, -0.2) is 58.0 Å². The summed E-state index contributed by atoms with van der Waals surface area (Å²) in [5.41, 5.74) is 2.01. The number of piperidine rings is 1. The van der Waals surface area contributed by atoms with E-state index in [-0.39, 0.29) is 30.0 Å². The number of anilines is 1. The molecule has 0 aliphatic carbocycles. The van der Waals surface area contributed by atoms with Gasteiger partial charge in [-0.25, -0.2) is 0 Å². The lowest BCUT2D eigenvalue weighted by atomic mass is 9.90. The molecule has 4 amide bonds. The number of nitrogens with one attached hydrogen (secondary N) is 3. The summed E-state index contributed by atoms with van der Waals surface area (Å²) in [7, 11) is 0. The van der Waals surface area contributed by atoms with Crippen LogP contribution in [-0.2, 0) is 14.3 Å². The van der Waals surface area contributed by atoms with Crippen LogP contribution in [0.4, 0.5) is 5.69 Å². The smallest absolute Gasteiger partial charge is 0.264 e. The number of H-pyrrole nitrogens is 1. The summed E-state index contributed by atoms with van der Waals surface area (Å²) in [6.07, 6.45) is 6.54. The number of carbonyl (C=O) groups is 4. The normalized spacial score (nSPS) is 22.3. The Morgan fingerprint density at radius 3 is 2.67 bits per heavy atom. The van der Waals surface area contributed by atoms with E-state index in [9.17, 15) is 19.2 Å². The molecule has 2 aromatic rings. The fourth-order valence-electron chi connectivity index (χ4n) is 4.87. The van der Waals surface area contributed by atoms with Crippen molar-refractivity contribution in [3.8, 4) is 0 Å². The van der Waals surface area contributed by atoms with Crippen molar-refractivity contribution in [3.05, 3.63) is 47.3 Å². The molecule has 10 heteroatoms. The molecule has 5 rings (SSSR count). The highest BCUT2D eigenvalue weighted by molar-refractivity contribution is 6.25. The number of amides is 4. The Kier molecular flexibility index (Phi) is 5.67. The van der Waals surface area contributed by atoms with Crippen molar-refractivity contribution in [1.29, 1.82) is 0 Å². The molecule has 0 spiro atoms. The molecule has 10 nitrogen and oxygen atoms in total. The van der Waals surface area contributed by atoms with E-state index < -0.39 is 29.7 Å². The van der Waals surface area contributed by atoms with Gasteiger partial charge in [0.2, 0.25) is 11.8 Å². The van der Waals surface area contributed by atoms with E-state index >= 15 is 0 Å². The number of hydrogen-bond donors (Lipinski definition) is 3.